The summed E-state index contributed by atoms with van der Waals surface area (Å²) in [6, 6.07) is 5.06. The van der Waals surface area contributed by atoms with E-state index in [-0.39, 0.29) is 11.4 Å². The van der Waals surface area contributed by atoms with Crippen LogP contribution in [0.15, 0.2) is 28.7 Å². The van der Waals surface area contributed by atoms with Crippen molar-refractivity contribution in [1.82, 2.24) is 5.32 Å². The summed E-state index contributed by atoms with van der Waals surface area (Å²) in [5.74, 6) is -0.207. The van der Waals surface area contributed by atoms with E-state index in [1.807, 2.05) is 12.1 Å². The van der Waals surface area contributed by atoms with E-state index in [0.717, 1.165) is 11.0 Å². The predicted molar refractivity (Wildman–Crippen MR) is 70.9 cm³/mol. The lowest BCUT2D eigenvalue weighted by atomic mass is 10.1. The number of nitrogens with one attached hydrogen (secondary N) is 1. The van der Waals surface area contributed by atoms with Crippen molar-refractivity contribution in [1.29, 1.82) is 0 Å². The molecule has 1 rings (SSSR count). The summed E-state index contributed by atoms with van der Waals surface area (Å²) < 4.78 is 14.2. The van der Waals surface area contributed by atoms with Crippen molar-refractivity contribution in [3.63, 3.8) is 0 Å². The Morgan fingerprint density at radius 2 is 2.06 bits per heavy atom. The summed E-state index contributed by atoms with van der Waals surface area (Å²) in [5, 5.41) is 3.30. The predicted octanol–water partition coefficient (Wildman–Crippen LogP) is 3.99. The van der Waals surface area contributed by atoms with Crippen molar-refractivity contribution in [3.8, 4) is 0 Å². The summed E-state index contributed by atoms with van der Waals surface area (Å²) >= 11 is 3.23. The summed E-state index contributed by atoms with van der Waals surface area (Å²) in [6.45, 7) is 7.03. The van der Waals surface area contributed by atoms with Gasteiger partial charge in [-0.3, -0.25) is 0 Å². The highest BCUT2D eigenvalue weighted by molar-refractivity contribution is 9.10. The Morgan fingerprint density at radius 3 is 2.62 bits per heavy atom. The third-order valence-electron chi connectivity index (χ3n) is 2.01. The quantitative estimate of drug-likeness (QED) is 0.886. The number of hydrogen-bond donors (Lipinski definition) is 1. The molecule has 1 aromatic carbocycles. The lowest BCUT2D eigenvalue weighted by Crippen LogP contribution is -2.35. The molecule has 0 fully saturated rings. The third kappa shape index (κ3) is 4.90. The van der Waals surface area contributed by atoms with Crippen molar-refractivity contribution in [2.24, 2.45) is 0 Å². The first-order valence-electron chi connectivity index (χ1n) is 5.25. The standard InChI is InChI=1S/C13H17BrFN/c1-13(2,3)16-8-4-5-10-6-7-11(14)9-12(10)15/h4-7,9,16H,8H2,1-3H3. The zero-order valence-electron chi connectivity index (χ0n) is 9.85. The van der Waals surface area contributed by atoms with Crippen molar-refractivity contribution >= 4 is 22.0 Å². The minimum absolute atomic E-state index is 0.0859. The van der Waals surface area contributed by atoms with Gasteiger partial charge in [0.1, 0.15) is 5.82 Å². The molecule has 0 atom stereocenters. The topological polar surface area (TPSA) is 12.0 Å². The second-order valence-corrected chi connectivity index (χ2v) is 5.61. The first kappa shape index (κ1) is 13.4. The van der Waals surface area contributed by atoms with Gasteiger partial charge < -0.3 is 5.32 Å². The van der Waals surface area contributed by atoms with E-state index in [9.17, 15) is 4.39 Å². The van der Waals surface area contributed by atoms with E-state index in [2.05, 4.69) is 42.0 Å². The van der Waals surface area contributed by atoms with Gasteiger partial charge in [-0.15, -0.1) is 0 Å². The molecule has 1 N–H and O–H groups in total. The molecule has 0 unspecified atom stereocenters. The van der Waals surface area contributed by atoms with Crippen LogP contribution < -0.4 is 5.32 Å². The second kappa shape index (κ2) is 5.60. The van der Waals surface area contributed by atoms with Gasteiger partial charge in [0.05, 0.1) is 0 Å². The lowest BCUT2D eigenvalue weighted by Gasteiger charge is -2.18. The molecule has 0 spiro atoms. The molecule has 1 nitrogen and oxygen atoms in total. The van der Waals surface area contributed by atoms with Gasteiger partial charge in [0, 0.05) is 22.1 Å². The molecule has 0 saturated carbocycles. The van der Waals surface area contributed by atoms with Crippen LogP contribution in [-0.4, -0.2) is 12.1 Å². The highest BCUT2D eigenvalue weighted by Gasteiger charge is 2.05. The molecule has 1 aromatic rings. The fraction of sp³-hybridized carbons (Fsp3) is 0.385. The smallest absolute Gasteiger partial charge is 0.131 e. The summed E-state index contributed by atoms with van der Waals surface area (Å²) in [7, 11) is 0. The Bertz CT molecular complexity index is 380. The van der Waals surface area contributed by atoms with Gasteiger partial charge in [-0.2, -0.15) is 0 Å². The minimum Gasteiger partial charge on any atom is -0.309 e. The van der Waals surface area contributed by atoms with E-state index < -0.39 is 0 Å². The number of rotatable bonds is 3. The zero-order valence-corrected chi connectivity index (χ0v) is 11.4. The van der Waals surface area contributed by atoms with Gasteiger partial charge in [-0.1, -0.05) is 34.1 Å². The molecule has 0 radical (unpaired) electrons. The number of benzene rings is 1. The first-order valence-corrected chi connectivity index (χ1v) is 6.04. The van der Waals surface area contributed by atoms with Gasteiger partial charge in [-0.25, -0.2) is 4.39 Å². The van der Waals surface area contributed by atoms with Crippen LogP contribution in [0.4, 0.5) is 4.39 Å². The van der Waals surface area contributed by atoms with Crippen LogP contribution in [0, 0.1) is 5.82 Å². The maximum absolute atomic E-state index is 13.4. The van der Waals surface area contributed by atoms with Crippen LogP contribution >= 0.6 is 15.9 Å². The van der Waals surface area contributed by atoms with Crippen LogP contribution in [0.25, 0.3) is 6.08 Å². The molecule has 0 bridgehead atoms. The SMILES string of the molecule is CC(C)(C)NCC=Cc1ccc(Br)cc1F. The monoisotopic (exact) mass is 285 g/mol. The van der Waals surface area contributed by atoms with Crippen LogP contribution in [0.1, 0.15) is 26.3 Å². The van der Waals surface area contributed by atoms with Crippen molar-refractivity contribution in [2.45, 2.75) is 26.3 Å². The normalized spacial score (nSPS) is 12.3. The van der Waals surface area contributed by atoms with E-state index >= 15 is 0 Å². The van der Waals surface area contributed by atoms with Crippen LogP contribution in [0.3, 0.4) is 0 Å². The van der Waals surface area contributed by atoms with Crippen molar-refractivity contribution in [2.75, 3.05) is 6.54 Å². The van der Waals surface area contributed by atoms with Gasteiger partial charge in [0.2, 0.25) is 0 Å². The van der Waals surface area contributed by atoms with Crippen LogP contribution in [-0.2, 0) is 0 Å². The van der Waals surface area contributed by atoms with Gasteiger partial charge in [0.25, 0.3) is 0 Å². The average molecular weight is 286 g/mol. The Balaban J connectivity index is 2.57. The molecular formula is C13H17BrFN. The van der Waals surface area contributed by atoms with Gasteiger partial charge in [0.15, 0.2) is 0 Å². The fourth-order valence-corrected chi connectivity index (χ4v) is 1.52. The molecule has 3 heteroatoms. The fourth-order valence-electron chi connectivity index (χ4n) is 1.19. The highest BCUT2D eigenvalue weighted by Crippen LogP contribution is 2.16. The molecule has 0 aromatic heterocycles. The Hall–Kier alpha value is -0.670. The number of hydrogen-bond acceptors (Lipinski definition) is 1. The molecule has 0 aliphatic carbocycles. The van der Waals surface area contributed by atoms with E-state index in [1.54, 1.807) is 12.1 Å². The maximum atomic E-state index is 13.4. The maximum Gasteiger partial charge on any atom is 0.131 e. The lowest BCUT2D eigenvalue weighted by molar-refractivity contribution is 0.450. The molecule has 0 aliphatic rings. The van der Waals surface area contributed by atoms with Gasteiger partial charge >= 0.3 is 0 Å². The first-order chi connectivity index (χ1) is 7.38. The average Bonchev–Trinajstić information content (AvgIpc) is 2.13. The highest BCUT2D eigenvalue weighted by atomic mass is 79.9. The molecule has 0 aliphatic heterocycles. The molecule has 16 heavy (non-hydrogen) atoms. The van der Waals surface area contributed by atoms with E-state index in [0.29, 0.717) is 5.56 Å². The minimum atomic E-state index is -0.207. The Kier molecular flexibility index (Phi) is 4.69. The summed E-state index contributed by atoms with van der Waals surface area (Å²) in [5.41, 5.74) is 0.696. The summed E-state index contributed by atoms with van der Waals surface area (Å²) in [6.07, 6.45) is 3.72. The zero-order chi connectivity index (χ0) is 12.2. The second-order valence-electron chi connectivity index (χ2n) is 4.70. The van der Waals surface area contributed by atoms with Crippen LogP contribution in [0.5, 0.6) is 0 Å². The Labute approximate surface area is 105 Å². The van der Waals surface area contributed by atoms with Crippen LogP contribution in [0.2, 0.25) is 0 Å². The van der Waals surface area contributed by atoms with Crippen molar-refractivity contribution < 1.29 is 4.39 Å². The molecule has 0 saturated heterocycles. The van der Waals surface area contributed by atoms with Crippen molar-refractivity contribution in [3.05, 3.63) is 40.1 Å². The molecule has 0 heterocycles. The van der Waals surface area contributed by atoms with Gasteiger partial charge in [-0.05, 0) is 32.9 Å². The Morgan fingerprint density at radius 1 is 1.38 bits per heavy atom. The molecule has 88 valence electrons. The number of halogens is 2. The molecular weight excluding hydrogens is 269 g/mol. The largest absolute Gasteiger partial charge is 0.309 e. The third-order valence-corrected chi connectivity index (χ3v) is 2.50. The summed E-state index contributed by atoms with van der Waals surface area (Å²) in [4.78, 5) is 0. The van der Waals surface area contributed by atoms with E-state index in [1.165, 1.54) is 6.07 Å². The molecule has 0 amide bonds. The van der Waals surface area contributed by atoms with E-state index in [4.69, 9.17) is 0 Å².